The van der Waals surface area contributed by atoms with Crippen molar-refractivity contribution < 1.29 is 4.79 Å². The van der Waals surface area contributed by atoms with Gasteiger partial charge in [0.25, 0.3) is 0 Å². The quantitative estimate of drug-likeness (QED) is 0.578. The number of para-hydroxylation sites is 1. The minimum absolute atomic E-state index is 0.228. The molecule has 0 bridgehead atoms. The number of alkyl halides is 1. The van der Waals surface area contributed by atoms with Crippen molar-refractivity contribution in [1.29, 1.82) is 0 Å². The number of halogens is 1. The molecule has 0 saturated heterocycles. The number of unbranched alkanes of at least 4 members (excludes halogenated alkanes) is 2. The molecule has 1 N–H and O–H groups in total. The first-order valence-corrected chi connectivity index (χ1v) is 7.74. The second-order valence-corrected chi connectivity index (χ2v) is 5.67. The van der Waals surface area contributed by atoms with Crippen LogP contribution < -0.4 is 0 Å². The Bertz CT molecular complexity index is 564. The van der Waals surface area contributed by atoms with E-state index in [1.54, 1.807) is 6.92 Å². The van der Waals surface area contributed by atoms with Gasteiger partial charge in [-0.25, -0.2) is 0 Å². The fourth-order valence-electron chi connectivity index (χ4n) is 2.65. The number of nitrogens with zero attached hydrogens (tertiary/aromatic N) is 1. The van der Waals surface area contributed by atoms with Crippen LogP contribution in [0.25, 0.3) is 10.9 Å². The summed E-state index contributed by atoms with van der Waals surface area (Å²) >= 11 is 5.71. The van der Waals surface area contributed by atoms with Crippen molar-refractivity contribution in [2.75, 3.05) is 5.88 Å². The summed E-state index contributed by atoms with van der Waals surface area (Å²) in [6.07, 6.45) is 4.83. The third kappa shape index (κ3) is 3.83. The maximum Gasteiger partial charge on any atom is 0.130 e. The Morgan fingerprint density at radius 3 is 2.85 bits per heavy atom. The molecule has 1 aromatic heterocycles. The van der Waals surface area contributed by atoms with Crippen molar-refractivity contribution >= 4 is 28.3 Å². The molecule has 0 aliphatic carbocycles. The van der Waals surface area contributed by atoms with Crippen molar-refractivity contribution in [3.05, 3.63) is 30.0 Å². The van der Waals surface area contributed by atoms with Crippen molar-refractivity contribution in [2.24, 2.45) is 0 Å². The number of rotatable bonds is 8. The third-order valence-electron chi connectivity index (χ3n) is 3.62. The molecular weight excluding hydrogens is 272 g/mol. The number of aromatic amines is 1. The van der Waals surface area contributed by atoms with Gasteiger partial charge in [0.2, 0.25) is 0 Å². The molecule has 2 rings (SSSR count). The van der Waals surface area contributed by atoms with Crippen LogP contribution in [0.2, 0.25) is 0 Å². The normalized spacial score (nSPS) is 12.7. The Kier molecular flexibility index (Phi) is 5.60. The van der Waals surface area contributed by atoms with Crippen LogP contribution in [0.4, 0.5) is 0 Å². The van der Waals surface area contributed by atoms with E-state index in [-0.39, 0.29) is 11.7 Å². The number of carbonyl (C=O) groups excluding carboxylic acids is 1. The molecule has 0 aliphatic heterocycles. The number of fused-ring (bicyclic) bond motifs is 1. The SMILES string of the molecule is CC(=O)CC(CCCCCCl)c1[nH]nc2ccccc12. The summed E-state index contributed by atoms with van der Waals surface area (Å²) in [7, 11) is 0. The average Bonchev–Trinajstić information content (AvgIpc) is 2.86. The van der Waals surface area contributed by atoms with Gasteiger partial charge in [-0.3, -0.25) is 5.10 Å². The van der Waals surface area contributed by atoms with Crippen LogP contribution in [-0.2, 0) is 4.79 Å². The number of benzene rings is 1. The zero-order chi connectivity index (χ0) is 14.4. The zero-order valence-corrected chi connectivity index (χ0v) is 12.6. The second-order valence-electron chi connectivity index (χ2n) is 5.30. The number of nitrogens with one attached hydrogen (secondary N) is 1. The zero-order valence-electron chi connectivity index (χ0n) is 11.9. The maximum atomic E-state index is 11.5. The molecule has 3 nitrogen and oxygen atoms in total. The largest absolute Gasteiger partial charge is 0.300 e. The first kappa shape index (κ1) is 15.0. The van der Waals surface area contributed by atoms with Gasteiger partial charge in [0.1, 0.15) is 5.78 Å². The van der Waals surface area contributed by atoms with Crippen molar-refractivity contribution in [2.45, 2.75) is 44.9 Å². The van der Waals surface area contributed by atoms with Crippen molar-refractivity contribution in [3.8, 4) is 0 Å². The number of ketones is 1. The van der Waals surface area contributed by atoms with Gasteiger partial charge in [0.15, 0.2) is 0 Å². The Morgan fingerprint density at radius 1 is 1.30 bits per heavy atom. The number of carbonyl (C=O) groups is 1. The van der Waals surface area contributed by atoms with Crippen LogP contribution in [-0.4, -0.2) is 21.9 Å². The lowest BCUT2D eigenvalue weighted by Gasteiger charge is -2.14. The van der Waals surface area contributed by atoms with Gasteiger partial charge in [-0.15, -0.1) is 11.6 Å². The van der Waals surface area contributed by atoms with E-state index in [9.17, 15) is 4.79 Å². The number of H-pyrrole nitrogens is 1. The summed E-state index contributed by atoms with van der Waals surface area (Å²) in [4.78, 5) is 11.5. The summed E-state index contributed by atoms with van der Waals surface area (Å²) in [5.74, 6) is 1.17. The highest BCUT2D eigenvalue weighted by Gasteiger charge is 2.18. The second kappa shape index (κ2) is 7.44. The van der Waals surface area contributed by atoms with Gasteiger partial charge in [-0.2, -0.15) is 5.10 Å². The van der Waals surface area contributed by atoms with Gasteiger partial charge < -0.3 is 4.79 Å². The monoisotopic (exact) mass is 292 g/mol. The molecule has 0 saturated carbocycles. The standard InChI is InChI=1S/C16H21ClN2O/c1-12(20)11-13(7-3-2-6-10-17)16-14-8-4-5-9-15(14)18-19-16/h4-5,8-9,13H,2-3,6-7,10-11H2,1H3,(H,18,19). The Labute approximate surface area is 124 Å². The topological polar surface area (TPSA) is 45.8 Å². The molecule has 1 aromatic carbocycles. The summed E-state index contributed by atoms with van der Waals surface area (Å²) in [6.45, 7) is 1.66. The maximum absolute atomic E-state index is 11.5. The van der Waals surface area contributed by atoms with Crippen LogP contribution >= 0.6 is 11.6 Å². The Hall–Kier alpha value is -1.35. The van der Waals surface area contributed by atoms with E-state index < -0.39 is 0 Å². The molecule has 2 aromatic rings. The molecule has 0 fully saturated rings. The summed E-state index contributed by atoms with van der Waals surface area (Å²) < 4.78 is 0. The van der Waals surface area contributed by atoms with Gasteiger partial charge in [-0.05, 0) is 25.8 Å². The summed E-state index contributed by atoms with van der Waals surface area (Å²) in [5, 5.41) is 8.60. The molecular formula is C16H21ClN2O. The first-order chi connectivity index (χ1) is 9.72. The molecule has 0 amide bonds. The van der Waals surface area contributed by atoms with Gasteiger partial charge in [0.05, 0.1) is 5.52 Å². The molecule has 1 heterocycles. The van der Waals surface area contributed by atoms with E-state index in [2.05, 4.69) is 16.3 Å². The number of hydrogen-bond donors (Lipinski definition) is 1. The summed E-state index contributed by atoms with van der Waals surface area (Å²) in [5.41, 5.74) is 2.07. The fraction of sp³-hybridized carbons (Fsp3) is 0.500. The molecule has 0 spiro atoms. The van der Waals surface area contributed by atoms with Crippen molar-refractivity contribution in [1.82, 2.24) is 10.2 Å². The molecule has 1 unspecified atom stereocenters. The van der Waals surface area contributed by atoms with Crippen LogP contribution in [0.1, 0.15) is 50.6 Å². The molecule has 108 valence electrons. The molecule has 0 aliphatic rings. The Balaban J connectivity index is 2.14. The highest BCUT2D eigenvalue weighted by Crippen LogP contribution is 2.30. The molecule has 4 heteroatoms. The minimum Gasteiger partial charge on any atom is -0.300 e. The van der Waals surface area contributed by atoms with E-state index in [1.165, 1.54) is 0 Å². The van der Waals surface area contributed by atoms with E-state index >= 15 is 0 Å². The predicted octanol–water partition coefficient (Wildman–Crippen LogP) is 4.42. The van der Waals surface area contributed by atoms with Gasteiger partial charge >= 0.3 is 0 Å². The highest BCUT2D eigenvalue weighted by molar-refractivity contribution is 6.17. The lowest BCUT2D eigenvalue weighted by molar-refractivity contribution is -0.117. The van der Waals surface area contributed by atoms with Crippen LogP contribution in [0.3, 0.4) is 0 Å². The van der Waals surface area contributed by atoms with E-state index in [0.29, 0.717) is 12.3 Å². The number of aromatic nitrogens is 2. The molecule has 1 atom stereocenters. The lowest BCUT2D eigenvalue weighted by atomic mass is 9.91. The fourth-order valence-corrected chi connectivity index (χ4v) is 2.84. The average molecular weight is 293 g/mol. The van der Waals surface area contributed by atoms with E-state index in [4.69, 9.17) is 11.6 Å². The summed E-state index contributed by atoms with van der Waals surface area (Å²) in [6, 6.07) is 8.06. The van der Waals surface area contributed by atoms with Crippen LogP contribution in [0, 0.1) is 0 Å². The highest BCUT2D eigenvalue weighted by atomic mass is 35.5. The number of hydrogen-bond acceptors (Lipinski definition) is 2. The molecule has 0 radical (unpaired) electrons. The predicted molar refractivity (Wildman–Crippen MR) is 83.3 cm³/mol. The van der Waals surface area contributed by atoms with Crippen molar-refractivity contribution in [3.63, 3.8) is 0 Å². The van der Waals surface area contributed by atoms with E-state index in [1.807, 2.05) is 18.2 Å². The van der Waals surface area contributed by atoms with Crippen LogP contribution in [0.5, 0.6) is 0 Å². The lowest BCUT2D eigenvalue weighted by Crippen LogP contribution is -2.06. The van der Waals surface area contributed by atoms with Gasteiger partial charge in [0, 0.05) is 29.3 Å². The number of Topliss-reactive ketones (excluding diaryl/α,β-unsaturated/α-hetero) is 1. The third-order valence-corrected chi connectivity index (χ3v) is 3.89. The first-order valence-electron chi connectivity index (χ1n) is 7.20. The van der Waals surface area contributed by atoms with Crippen LogP contribution in [0.15, 0.2) is 24.3 Å². The van der Waals surface area contributed by atoms with Gasteiger partial charge in [-0.1, -0.05) is 31.0 Å². The minimum atomic E-state index is 0.228. The molecule has 20 heavy (non-hydrogen) atoms. The van der Waals surface area contributed by atoms with E-state index in [0.717, 1.165) is 42.3 Å². The Morgan fingerprint density at radius 2 is 2.10 bits per heavy atom. The smallest absolute Gasteiger partial charge is 0.130 e.